The molecule has 1 unspecified atom stereocenters. The van der Waals surface area contributed by atoms with Gasteiger partial charge in [0.15, 0.2) is 0 Å². The van der Waals surface area contributed by atoms with Gasteiger partial charge in [-0.1, -0.05) is 28.1 Å². The minimum Gasteiger partial charge on any atom is -0.496 e. The minimum absolute atomic E-state index is 0.163. The molecule has 0 fully saturated rings. The van der Waals surface area contributed by atoms with Crippen molar-refractivity contribution in [3.05, 3.63) is 53.5 Å². The molecule has 1 aromatic carbocycles. The number of halogens is 1. The summed E-state index contributed by atoms with van der Waals surface area (Å²) >= 11 is 3.65. The molecule has 0 aliphatic rings. The summed E-state index contributed by atoms with van der Waals surface area (Å²) in [5.41, 5.74) is 3.44. The molecule has 84 valence electrons. The average molecular weight is 281 g/mol. The van der Waals surface area contributed by atoms with Crippen LogP contribution >= 0.6 is 15.9 Å². The monoisotopic (exact) mass is 280 g/mol. The Morgan fingerprint density at radius 3 is 2.62 bits per heavy atom. The fraction of sp³-hybridized carbons (Fsp3) is 0.231. The highest BCUT2D eigenvalue weighted by Gasteiger charge is 2.12. The van der Waals surface area contributed by atoms with Gasteiger partial charge in [0.25, 0.3) is 0 Å². The van der Waals surface area contributed by atoms with E-state index in [1.54, 1.807) is 19.6 Å². The van der Waals surface area contributed by atoms with Gasteiger partial charge in [-0.2, -0.15) is 0 Å². The molecule has 0 spiro atoms. The van der Waals surface area contributed by atoms with Crippen molar-refractivity contribution in [3.63, 3.8) is 0 Å². The summed E-state index contributed by atoms with van der Waals surface area (Å²) < 4.78 is 10.3. The van der Waals surface area contributed by atoms with E-state index >= 15 is 0 Å². The molecule has 0 saturated heterocycles. The van der Waals surface area contributed by atoms with Crippen LogP contribution in [0.25, 0.3) is 0 Å². The smallest absolute Gasteiger partial charge is 0.121 e. The SMILES string of the molecule is COc1ccc(C(Br)c2ccoc2)cc1C. The number of hydrogen-bond acceptors (Lipinski definition) is 2. The Labute approximate surface area is 103 Å². The summed E-state index contributed by atoms with van der Waals surface area (Å²) in [7, 11) is 1.68. The lowest BCUT2D eigenvalue weighted by Crippen LogP contribution is -1.93. The Kier molecular flexibility index (Phi) is 3.34. The van der Waals surface area contributed by atoms with Crippen molar-refractivity contribution in [3.8, 4) is 5.75 Å². The highest BCUT2D eigenvalue weighted by molar-refractivity contribution is 9.09. The normalized spacial score (nSPS) is 12.4. The summed E-state index contributed by atoms with van der Waals surface area (Å²) in [6, 6.07) is 8.11. The van der Waals surface area contributed by atoms with Gasteiger partial charge in [-0.25, -0.2) is 0 Å². The van der Waals surface area contributed by atoms with Crippen LogP contribution in [0, 0.1) is 6.92 Å². The van der Waals surface area contributed by atoms with Crippen LogP contribution in [0.4, 0.5) is 0 Å². The van der Waals surface area contributed by atoms with Crippen LogP contribution in [0.2, 0.25) is 0 Å². The quantitative estimate of drug-likeness (QED) is 0.791. The van der Waals surface area contributed by atoms with Crippen LogP contribution in [0.3, 0.4) is 0 Å². The Bertz CT molecular complexity index is 463. The Balaban J connectivity index is 2.31. The van der Waals surface area contributed by atoms with Gasteiger partial charge in [-0.3, -0.25) is 0 Å². The molecule has 2 rings (SSSR count). The van der Waals surface area contributed by atoms with E-state index < -0.39 is 0 Å². The first kappa shape index (κ1) is 11.3. The third-order valence-electron chi connectivity index (χ3n) is 2.55. The Morgan fingerprint density at radius 2 is 2.06 bits per heavy atom. The molecule has 0 N–H and O–H groups in total. The van der Waals surface area contributed by atoms with E-state index in [0.717, 1.165) is 16.9 Å². The van der Waals surface area contributed by atoms with Crippen LogP contribution < -0.4 is 4.74 Å². The molecule has 0 aliphatic heterocycles. The molecular formula is C13H13BrO2. The van der Waals surface area contributed by atoms with Crippen molar-refractivity contribution in [2.75, 3.05) is 7.11 Å². The number of rotatable bonds is 3. The molecule has 0 radical (unpaired) electrons. The second kappa shape index (κ2) is 4.74. The molecule has 1 aromatic heterocycles. The van der Waals surface area contributed by atoms with E-state index in [0.29, 0.717) is 0 Å². The molecule has 1 heterocycles. The number of aryl methyl sites for hydroxylation is 1. The zero-order valence-electron chi connectivity index (χ0n) is 9.24. The predicted octanol–water partition coefficient (Wildman–Crippen LogP) is 4.08. The van der Waals surface area contributed by atoms with Crippen molar-refractivity contribution in [1.82, 2.24) is 0 Å². The maximum atomic E-state index is 5.24. The van der Waals surface area contributed by atoms with Crippen LogP contribution in [-0.4, -0.2) is 7.11 Å². The zero-order valence-corrected chi connectivity index (χ0v) is 10.8. The minimum atomic E-state index is 0.163. The van der Waals surface area contributed by atoms with Gasteiger partial charge in [0.1, 0.15) is 5.75 Å². The van der Waals surface area contributed by atoms with Gasteiger partial charge < -0.3 is 9.15 Å². The second-order valence-electron chi connectivity index (χ2n) is 3.65. The number of hydrogen-bond donors (Lipinski definition) is 0. The van der Waals surface area contributed by atoms with Gasteiger partial charge in [0.2, 0.25) is 0 Å². The van der Waals surface area contributed by atoms with Crippen LogP contribution in [0.15, 0.2) is 41.2 Å². The number of alkyl halides is 1. The van der Waals surface area contributed by atoms with Crippen LogP contribution in [0.5, 0.6) is 5.75 Å². The van der Waals surface area contributed by atoms with Crippen molar-refractivity contribution in [2.45, 2.75) is 11.8 Å². The molecule has 0 saturated carbocycles. The van der Waals surface area contributed by atoms with Crippen molar-refractivity contribution >= 4 is 15.9 Å². The molecule has 0 amide bonds. The molecule has 0 aliphatic carbocycles. The van der Waals surface area contributed by atoms with E-state index in [9.17, 15) is 0 Å². The largest absolute Gasteiger partial charge is 0.496 e. The van der Waals surface area contributed by atoms with E-state index in [-0.39, 0.29) is 4.83 Å². The van der Waals surface area contributed by atoms with Gasteiger partial charge in [0.05, 0.1) is 24.5 Å². The third kappa shape index (κ3) is 2.14. The van der Waals surface area contributed by atoms with E-state index in [4.69, 9.17) is 9.15 Å². The number of benzene rings is 1. The van der Waals surface area contributed by atoms with E-state index in [2.05, 4.69) is 28.1 Å². The fourth-order valence-corrected chi connectivity index (χ4v) is 2.22. The first-order valence-electron chi connectivity index (χ1n) is 5.03. The number of furan rings is 1. The summed E-state index contributed by atoms with van der Waals surface area (Å²) in [6.07, 6.45) is 3.43. The number of methoxy groups -OCH3 is 1. The third-order valence-corrected chi connectivity index (χ3v) is 3.60. The molecule has 2 nitrogen and oxygen atoms in total. The number of ether oxygens (including phenoxy) is 1. The van der Waals surface area contributed by atoms with Crippen molar-refractivity contribution in [1.29, 1.82) is 0 Å². The van der Waals surface area contributed by atoms with Crippen LogP contribution in [-0.2, 0) is 0 Å². The second-order valence-corrected chi connectivity index (χ2v) is 4.56. The predicted molar refractivity (Wildman–Crippen MR) is 67.2 cm³/mol. The van der Waals surface area contributed by atoms with Crippen molar-refractivity contribution < 1.29 is 9.15 Å². The molecular weight excluding hydrogens is 268 g/mol. The maximum Gasteiger partial charge on any atom is 0.121 e. The lowest BCUT2D eigenvalue weighted by molar-refractivity contribution is 0.411. The summed E-state index contributed by atoms with van der Waals surface area (Å²) in [6.45, 7) is 2.04. The Hall–Kier alpha value is -1.22. The molecule has 1 atom stereocenters. The lowest BCUT2D eigenvalue weighted by atomic mass is 10.0. The Morgan fingerprint density at radius 1 is 1.25 bits per heavy atom. The highest BCUT2D eigenvalue weighted by Crippen LogP contribution is 2.33. The standard InChI is InChI=1S/C13H13BrO2/c1-9-7-10(3-4-12(9)15-2)13(14)11-5-6-16-8-11/h3-8,13H,1-2H3. The van der Waals surface area contributed by atoms with E-state index in [1.807, 2.05) is 19.1 Å². The first-order valence-corrected chi connectivity index (χ1v) is 5.94. The lowest BCUT2D eigenvalue weighted by Gasteiger charge is -2.11. The molecule has 16 heavy (non-hydrogen) atoms. The summed E-state index contributed by atoms with van der Waals surface area (Å²) in [5.74, 6) is 0.913. The van der Waals surface area contributed by atoms with E-state index in [1.165, 1.54) is 5.56 Å². The molecule has 2 aromatic rings. The zero-order chi connectivity index (χ0) is 11.5. The molecule has 0 bridgehead atoms. The summed E-state index contributed by atoms with van der Waals surface area (Å²) in [4.78, 5) is 0.163. The van der Waals surface area contributed by atoms with Crippen molar-refractivity contribution in [2.24, 2.45) is 0 Å². The van der Waals surface area contributed by atoms with Gasteiger partial charge >= 0.3 is 0 Å². The molecule has 3 heteroatoms. The van der Waals surface area contributed by atoms with Gasteiger partial charge in [-0.05, 0) is 30.2 Å². The average Bonchev–Trinajstić information content (AvgIpc) is 2.81. The van der Waals surface area contributed by atoms with Crippen LogP contribution in [0.1, 0.15) is 21.5 Å². The van der Waals surface area contributed by atoms with Gasteiger partial charge in [-0.15, -0.1) is 0 Å². The highest BCUT2D eigenvalue weighted by atomic mass is 79.9. The van der Waals surface area contributed by atoms with Gasteiger partial charge in [0, 0.05) is 5.56 Å². The summed E-state index contributed by atoms with van der Waals surface area (Å²) in [5, 5.41) is 0. The topological polar surface area (TPSA) is 22.4 Å². The first-order chi connectivity index (χ1) is 7.72. The maximum absolute atomic E-state index is 5.24. The fourth-order valence-electron chi connectivity index (χ4n) is 1.67.